The lowest BCUT2D eigenvalue weighted by molar-refractivity contribution is 0.178. The van der Waals surface area contributed by atoms with Crippen LogP contribution in [-0.4, -0.2) is 41.3 Å². The summed E-state index contributed by atoms with van der Waals surface area (Å²) in [5.74, 6) is 0. The van der Waals surface area contributed by atoms with Crippen LogP contribution in [0.3, 0.4) is 0 Å². The summed E-state index contributed by atoms with van der Waals surface area (Å²) in [6.07, 6.45) is 10.0. The van der Waals surface area contributed by atoms with Crippen molar-refractivity contribution in [3.63, 3.8) is 0 Å². The van der Waals surface area contributed by atoms with Crippen molar-refractivity contribution in [3.8, 4) is 0 Å². The lowest BCUT2D eigenvalue weighted by atomic mass is 9.96. The van der Waals surface area contributed by atoms with Crippen LogP contribution in [0.15, 0.2) is 0 Å². The van der Waals surface area contributed by atoms with Crippen LogP contribution >= 0.6 is 0 Å². The Morgan fingerprint density at radius 1 is 1.17 bits per heavy atom. The zero-order valence-corrected chi connectivity index (χ0v) is 11.2. The van der Waals surface area contributed by atoms with Crippen molar-refractivity contribution in [3.05, 3.63) is 0 Å². The van der Waals surface area contributed by atoms with Gasteiger partial charge in [0, 0.05) is 25.2 Å². The molecule has 1 saturated heterocycles. The van der Waals surface area contributed by atoms with Crippen molar-refractivity contribution in [1.29, 1.82) is 0 Å². The molecule has 2 fully saturated rings. The topological polar surface area (TPSA) is 52.6 Å². The molecule has 1 heterocycles. The molecule has 1 aliphatic carbocycles. The van der Waals surface area contributed by atoms with Crippen LogP contribution in [0.5, 0.6) is 0 Å². The van der Waals surface area contributed by atoms with Crippen molar-refractivity contribution >= 4 is 6.03 Å². The first-order valence-corrected chi connectivity index (χ1v) is 7.49. The van der Waals surface area contributed by atoms with Crippen LogP contribution in [0.25, 0.3) is 0 Å². The van der Waals surface area contributed by atoms with Crippen molar-refractivity contribution in [2.75, 3.05) is 13.2 Å². The molecule has 0 aromatic heterocycles. The van der Waals surface area contributed by atoms with Crippen molar-refractivity contribution in [2.45, 2.75) is 69.9 Å². The molecule has 2 rings (SSSR count). The molecule has 2 amide bonds. The molecule has 4 heteroatoms. The summed E-state index contributed by atoms with van der Waals surface area (Å²) in [5.41, 5.74) is 0. The van der Waals surface area contributed by atoms with Crippen LogP contribution in [0, 0.1) is 0 Å². The average molecular weight is 254 g/mol. The third-order valence-electron chi connectivity index (χ3n) is 4.27. The molecule has 0 bridgehead atoms. The summed E-state index contributed by atoms with van der Waals surface area (Å²) in [7, 11) is 0. The highest BCUT2D eigenvalue weighted by Gasteiger charge is 2.29. The summed E-state index contributed by atoms with van der Waals surface area (Å²) in [6, 6.07) is 0.869. The van der Waals surface area contributed by atoms with Gasteiger partial charge < -0.3 is 15.3 Å². The van der Waals surface area contributed by atoms with Crippen LogP contribution in [0.1, 0.15) is 57.8 Å². The van der Waals surface area contributed by atoms with Crippen molar-refractivity contribution in [1.82, 2.24) is 10.2 Å². The summed E-state index contributed by atoms with van der Waals surface area (Å²) < 4.78 is 0. The summed E-state index contributed by atoms with van der Waals surface area (Å²) in [6.45, 7) is 1.11. The molecule has 4 nitrogen and oxygen atoms in total. The quantitative estimate of drug-likeness (QED) is 0.808. The number of rotatable bonds is 4. The Balaban J connectivity index is 1.79. The fraction of sp³-hybridized carbons (Fsp3) is 0.929. The molecule has 0 aromatic carbocycles. The molecule has 1 atom stereocenters. The summed E-state index contributed by atoms with van der Waals surface area (Å²) in [4.78, 5) is 14.2. The molecule has 18 heavy (non-hydrogen) atoms. The van der Waals surface area contributed by atoms with E-state index in [0.29, 0.717) is 12.1 Å². The van der Waals surface area contributed by atoms with E-state index in [1.54, 1.807) is 0 Å². The van der Waals surface area contributed by atoms with E-state index in [9.17, 15) is 4.79 Å². The highest BCUT2D eigenvalue weighted by Crippen LogP contribution is 2.23. The van der Waals surface area contributed by atoms with Gasteiger partial charge in [0.05, 0.1) is 0 Å². The number of likely N-dealkylation sites (tertiary alicyclic amines) is 1. The zero-order chi connectivity index (χ0) is 12.8. The van der Waals surface area contributed by atoms with Gasteiger partial charge in [-0.2, -0.15) is 0 Å². The van der Waals surface area contributed by atoms with Crippen LogP contribution in [0.2, 0.25) is 0 Å². The predicted molar refractivity (Wildman–Crippen MR) is 71.5 cm³/mol. The Hall–Kier alpha value is -0.770. The number of amides is 2. The number of nitrogens with zero attached hydrogens (tertiary/aromatic N) is 1. The predicted octanol–water partition coefficient (Wildman–Crippen LogP) is 2.27. The van der Waals surface area contributed by atoms with Crippen LogP contribution in [-0.2, 0) is 0 Å². The average Bonchev–Trinajstić information content (AvgIpc) is 2.86. The monoisotopic (exact) mass is 254 g/mol. The molecule has 0 aromatic rings. The standard InChI is InChI=1S/C14H26N2O2/c17-11-5-9-13-8-4-10-16(13)14(18)15-12-6-2-1-3-7-12/h12-13,17H,1-11H2,(H,15,18). The fourth-order valence-electron chi connectivity index (χ4n) is 3.23. The van der Waals surface area contributed by atoms with E-state index in [2.05, 4.69) is 5.32 Å². The number of hydrogen-bond donors (Lipinski definition) is 2. The molecule has 0 spiro atoms. The Morgan fingerprint density at radius 2 is 1.94 bits per heavy atom. The van der Waals surface area contributed by atoms with Crippen molar-refractivity contribution < 1.29 is 9.90 Å². The van der Waals surface area contributed by atoms with Gasteiger partial charge in [-0.15, -0.1) is 0 Å². The third-order valence-corrected chi connectivity index (χ3v) is 4.27. The van der Waals surface area contributed by atoms with Gasteiger partial charge in [-0.1, -0.05) is 19.3 Å². The fourth-order valence-corrected chi connectivity index (χ4v) is 3.23. The number of nitrogens with one attached hydrogen (secondary N) is 1. The number of carbonyl (C=O) groups is 1. The van der Waals surface area contributed by atoms with Gasteiger partial charge in [0.15, 0.2) is 0 Å². The van der Waals surface area contributed by atoms with E-state index in [4.69, 9.17) is 5.11 Å². The number of aliphatic hydroxyl groups excluding tert-OH is 1. The molecular formula is C14H26N2O2. The van der Waals surface area contributed by atoms with Gasteiger partial charge in [-0.3, -0.25) is 0 Å². The normalized spacial score (nSPS) is 25.4. The largest absolute Gasteiger partial charge is 0.396 e. The van der Waals surface area contributed by atoms with Gasteiger partial charge in [-0.25, -0.2) is 4.79 Å². The second-order valence-corrected chi connectivity index (χ2v) is 5.64. The van der Waals surface area contributed by atoms with E-state index >= 15 is 0 Å². The molecule has 1 aliphatic heterocycles. The first-order valence-electron chi connectivity index (χ1n) is 7.49. The SMILES string of the molecule is O=C(NC1CCCCC1)N1CCCC1CCCO. The highest BCUT2D eigenvalue weighted by atomic mass is 16.3. The molecule has 1 saturated carbocycles. The van der Waals surface area contributed by atoms with Crippen molar-refractivity contribution in [2.24, 2.45) is 0 Å². The smallest absolute Gasteiger partial charge is 0.317 e. The van der Waals surface area contributed by atoms with Gasteiger partial charge in [0.2, 0.25) is 0 Å². The maximum absolute atomic E-state index is 12.2. The van der Waals surface area contributed by atoms with E-state index in [1.165, 1.54) is 19.3 Å². The molecule has 2 N–H and O–H groups in total. The molecule has 1 unspecified atom stereocenters. The first-order chi connectivity index (χ1) is 8.81. The zero-order valence-electron chi connectivity index (χ0n) is 11.2. The summed E-state index contributed by atoms with van der Waals surface area (Å²) >= 11 is 0. The Bertz CT molecular complexity index is 265. The maximum atomic E-state index is 12.2. The van der Waals surface area contributed by atoms with Gasteiger partial charge in [0.25, 0.3) is 0 Å². The number of urea groups is 1. The Labute approximate surface area is 110 Å². The minimum Gasteiger partial charge on any atom is -0.396 e. The molecule has 104 valence electrons. The number of aliphatic hydroxyl groups is 1. The molecule has 0 radical (unpaired) electrons. The Morgan fingerprint density at radius 3 is 2.67 bits per heavy atom. The molecular weight excluding hydrogens is 228 g/mol. The minimum absolute atomic E-state index is 0.127. The minimum atomic E-state index is 0.127. The Kier molecular flexibility index (Phi) is 5.29. The lowest BCUT2D eigenvalue weighted by Crippen LogP contribution is -2.47. The van der Waals surface area contributed by atoms with Crippen LogP contribution < -0.4 is 5.32 Å². The first kappa shape index (κ1) is 13.7. The van der Waals surface area contributed by atoms with Gasteiger partial charge in [-0.05, 0) is 38.5 Å². The number of hydrogen-bond acceptors (Lipinski definition) is 2. The van der Waals surface area contributed by atoms with E-state index in [-0.39, 0.29) is 12.6 Å². The lowest BCUT2D eigenvalue weighted by Gasteiger charge is -2.29. The summed E-state index contributed by atoms with van der Waals surface area (Å²) in [5, 5.41) is 12.1. The maximum Gasteiger partial charge on any atom is 0.317 e. The second kappa shape index (κ2) is 6.98. The van der Waals surface area contributed by atoms with Gasteiger partial charge in [0.1, 0.15) is 0 Å². The van der Waals surface area contributed by atoms with Gasteiger partial charge >= 0.3 is 6.03 Å². The third kappa shape index (κ3) is 3.61. The van der Waals surface area contributed by atoms with E-state index < -0.39 is 0 Å². The number of carbonyl (C=O) groups excluding carboxylic acids is 1. The van der Waals surface area contributed by atoms with E-state index in [0.717, 1.165) is 45.1 Å². The van der Waals surface area contributed by atoms with E-state index in [1.807, 2.05) is 4.90 Å². The molecule has 2 aliphatic rings. The second-order valence-electron chi connectivity index (χ2n) is 5.64. The highest BCUT2D eigenvalue weighted by molar-refractivity contribution is 5.75. The van der Waals surface area contributed by atoms with Crippen LogP contribution in [0.4, 0.5) is 4.79 Å².